The summed E-state index contributed by atoms with van der Waals surface area (Å²) in [5.74, 6) is 0.569. The molecule has 3 aromatic rings. The number of carbonyl (C=O) groups excluding carboxylic acids is 2. The number of amides is 2. The van der Waals surface area contributed by atoms with Crippen molar-refractivity contribution < 1.29 is 14.0 Å². The van der Waals surface area contributed by atoms with E-state index in [2.05, 4.69) is 20.8 Å². The van der Waals surface area contributed by atoms with E-state index in [4.69, 9.17) is 27.6 Å². The second-order valence-corrected chi connectivity index (χ2v) is 8.78. The maximum Gasteiger partial charge on any atom is 0.240 e. The van der Waals surface area contributed by atoms with Crippen LogP contribution >= 0.6 is 35.0 Å². The first-order valence-electron chi connectivity index (χ1n) is 9.46. The van der Waals surface area contributed by atoms with Gasteiger partial charge in [-0.15, -0.1) is 5.10 Å². The van der Waals surface area contributed by atoms with Gasteiger partial charge in [0.1, 0.15) is 16.8 Å². The first-order valence-corrected chi connectivity index (χ1v) is 11.1. The van der Waals surface area contributed by atoms with E-state index in [-0.39, 0.29) is 18.2 Å². The molecule has 1 saturated heterocycles. The fourth-order valence-corrected chi connectivity index (χ4v) is 4.10. The van der Waals surface area contributed by atoms with Crippen molar-refractivity contribution in [1.82, 2.24) is 5.32 Å². The highest BCUT2D eigenvalue weighted by atomic mass is 35.5. The van der Waals surface area contributed by atoms with Gasteiger partial charge in [0.25, 0.3) is 0 Å². The lowest BCUT2D eigenvalue weighted by molar-refractivity contribution is -0.122. The van der Waals surface area contributed by atoms with E-state index in [0.29, 0.717) is 32.4 Å². The van der Waals surface area contributed by atoms with Crippen LogP contribution in [0.2, 0.25) is 10.0 Å². The first kappa shape index (κ1) is 22.1. The molecule has 1 atom stereocenters. The van der Waals surface area contributed by atoms with Crippen LogP contribution in [0, 0.1) is 0 Å². The second-order valence-electron chi connectivity index (χ2n) is 6.72. The Morgan fingerprint density at radius 2 is 1.94 bits per heavy atom. The number of rotatable bonds is 6. The van der Waals surface area contributed by atoms with Crippen molar-refractivity contribution in [1.29, 1.82) is 0 Å². The third-order valence-corrected chi connectivity index (χ3v) is 5.90. The molecule has 0 aliphatic carbocycles. The molecule has 0 saturated carbocycles. The molecule has 2 aromatic carbocycles. The number of hydrogen-bond acceptors (Lipinski definition) is 6. The number of nitrogens with zero attached hydrogens (tertiary/aromatic N) is 2. The topological polar surface area (TPSA) is 96.1 Å². The van der Waals surface area contributed by atoms with Gasteiger partial charge < -0.3 is 15.1 Å². The summed E-state index contributed by atoms with van der Waals surface area (Å²) in [5, 5.41) is 14.2. The van der Waals surface area contributed by atoms with Crippen LogP contribution in [-0.4, -0.2) is 28.4 Å². The summed E-state index contributed by atoms with van der Waals surface area (Å²) in [6.07, 6.45) is 1.44. The summed E-state index contributed by atoms with van der Waals surface area (Å²) in [5.41, 5.74) is 1.46. The third kappa shape index (κ3) is 5.79. The van der Waals surface area contributed by atoms with Gasteiger partial charge in [-0.05, 0) is 48.5 Å². The Hall–Kier alpha value is -3.07. The highest BCUT2D eigenvalue weighted by molar-refractivity contribution is 8.15. The Morgan fingerprint density at radius 1 is 1.12 bits per heavy atom. The zero-order valence-electron chi connectivity index (χ0n) is 16.4. The normalized spacial score (nSPS) is 17.1. The molecule has 0 spiro atoms. The van der Waals surface area contributed by atoms with Gasteiger partial charge in [0.15, 0.2) is 5.17 Å². The molecule has 2 heterocycles. The van der Waals surface area contributed by atoms with E-state index in [1.807, 2.05) is 18.2 Å². The molecule has 1 unspecified atom stereocenters. The van der Waals surface area contributed by atoms with Crippen molar-refractivity contribution in [3.05, 3.63) is 76.5 Å². The monoisotopic (exact) mass is 486 g/mol. The second kappa shape index (κ2) is 10.0. The number of halogens is 2. The minimum Gasteiger partial charge on any atom is -0.455 e. The van der Waals surface area contributed by atoms with Crippen LogP contribution in [0.4, 0.5) is 5.69 Å². The standard InChI is InChI=1S/C22H16Cl2N4O3S/c23-14-4-6-16(7-5-14)26-20(29)11-19-21(30)27-22(32-19)28-25-12-17-8-9-18(31-17)13-2-1-3-15(24)10-13/h1-10,12,19H,11H2,(H,26,29)(H,27,28,30)/b25-12+. The van der Waals surface area contributed by atoms with E-state index >= 15 is 0 Å². The summed E-state index contributed by atoms with van der Waals surface area (Å²) in [6.45, 7) is 0. The SMILES string of the molecule is O=C(CC1S/C(=N\N=C\c2ccc(-c3cccc(Cl)c3)o2)NC1=O)Nc1ccc(Cl)cc1. The van der Waals surface area contributed by atoms with Crippen LogP contribution < -0.4 is 10.6 Å². The average molecular weight is 487 g/mol. The van der Waals surface area contributed by atoms with E-state index < -0.39 is 5.25 Å². The molecular weight excluding hydrogens is 471 g/mol. The molecule has 4 rings (SSSR count). The van der Waals surface area contributed by atoms with Gasteiger partial charge in [0.2, 0.25) is 11.8 Å². The number of carbonyl (C=O) groups is 2. The van der Waals surface area contributed by atoms with Crippen LogP contribution in [0.15, 0.2) is 75.3 Å². The molecule has 162 valence electrons. The number of nitrogens with one attached hydrogen (secondary N) is 2. The van der Waals surface area contributed by atoms with Crippen LogP contribution in [0.25, 0.3) is 11.3 Å². The minimum absolute atomic E-state index is 0.00302. The van der Waals surface area contributed by atoms with Gasteiger partial charge in [-0.3, -0.25) is 9.59 Å². The molecule has 1 aromatic heterocycles. The van der Waals surface area contributed by atoms with Crippen LogP contribution in [-0.2, 0) is 9.59 Å². The lowest BCUT2D eigenvalue weighted by Gasteiger charge is -2.07. The van der Waals surface area contributed by atoms with Crippen molar-refractivity contribution in [2.75, 3.05) is 5.32 Å². The largest absolute Gasteiger partial charge is 0.455 e. The molecule has 2 N–H and O–H groups in total. The lowest BCUT2D eigenvalue weighted by Crippen LogP contribution is -2.28. The molecule has 2 amide bonds. The molecule has 32 heavy (non-hydrogen) atoms. The number of anilines is 1. The lowest BCUT2D eigenvalue weighted by atomic mass is 10.2. The van der Waals surface area contributed by atoms with Gasteiger partial charge in [0, 0.05) is 27.7 Å². The zero-order valence-corrected chi connectivity index (χ0v) is 18.7. The molecular formula is C22H16Cl2N4O3S. The van der Waals surface area contributed by atoms with Crippen molar-refractivity contribution in [2.24, 2.45) is 10.2 Å². The number of thioether (sulfide) groups is 1. The Bertz CT molecular complexity index is 1210. The highest BCUT2D eigenvalue weighted by Crippen LogP contribution is 2.25. The smallest absolute Gasteiger partial charge is 0.240 e. The van der Waals surface area contributed by atoms with Crippen LogP contribution in [0.3, 0.4) is 0 Å². The summed E-state index contributed by atoms with van der Waals surface area (Å²) in [6, 6.07) is 17.6. The highest BCUT2D eigenvalue weighted by Gasteiger charge is 2.32. The maximum absolute atomic E-state index is 12.2. The van der Waals surface area contributed by atoms with Gasteiger partial charge in [-0.25, -0.2) is 0 Å². The zero-order chi connectivity index (χ0) is 22.5. The van der Waals surface area contributed by atoms with Gasteiger partial charge in [-0.2, -0.15) is 5.10 Å². The van der Waals surface area contributed by atoms with E-state index in [0.717, 1.165) is 17.3 Å². The molecule has 0 bridgehead atoms. The number of benzene rings is 2. The van der Waals surface area contributed by atoms with Crippen molar-refractivity contribution in [3.8, 4) is 11.3 Å². The fraction of sp³-hybridized carbons (Fsp3) is 0.0909. The number of amidine groups is 1. The number of furan rings is 1. The Kier molecular flexibility index (Phi) is 6.94. The van der Waals surface area contributed by atoms with E-state index in [1.165, 1.54) is 6.21 Å². The first-order chi connectivity index (χ1) is 15.5. The molecule has 1 fully saturated rings. The number of hydrogen-bond donors (Lipinski definition) is 2. The predicted octanol–water partition coefficient (Wildman–Crippen LogP) is 5.20. The molecule has 10 heteroatoms. The van der Waals surface area contributed by atoms with Crippen molar-refractivity contribution in [2.45, 2.75) is 11.7 Å². The van der Waals surface area contributed by atoms with Crippen molar-refractivity contribution in [3.63, 3.8) is 0 Å². The minimum atomic E-state index is -0.589. The Morgan fingerprint density at radius 3 is 2.72 bits per heavy atom. The summed E-state index contributed by atoms with van der Waals surface area (Å²) in [4.78, 5) is 24.4. The van der Waals surface area contributed by atoms with Crippen LogP contribution in [0.1, 0.15) is 12.2 Å². The van der Waals surface area contributed by atoms with Crippen LogP contribution in [0.5, 0.6) is 0 Å². The summed E-state index contributed by atoms with van der Waals surface area (Å²) in [7, 11) is 0. The Labute approximate surface area is 197 Å². The van der Waals surface area contributed by atoms with Gasteiger partial charge in [-0.1, -0.05) is 47.1 Å². The Balaban J connectivity index is 1.32. The maximum atomic E-state index is 12.2. The molecule has 0 radical (unpaired) electrons. The summed E-state index contributed by atoms with van der Waals surface area (Å²) >= 11 is 13.0. The molecule has 7 nitrogen and oxygen atoms in total. The third-order valence-electron chi connectivity index (χ3n) is 4.34. The van der Waals surface area contributed by atoms with E-state index in [9.17, 15) is 9.59 Å². The average Bonchev–Trinajstić information content (AvgIpc) is 3.37. The molecule has 1 aliphatic rings. The van der Waals surface area contributed by atoms with Gasteiger partial charge in [0.05, 0.1) is 6.21 Å². The van der Waals surface area contributed by atoms with Crippen molar-refractivity contribution >= 4 is 63.8 Å². The predicted molar refractivity (Wildman–Crippen MR) is 128 cm³/mol. The molecule has 1 aliphatic heterocycles. The quantitative estimate of drug-likeness (QED) is 0.369. The fourth-order valence-electron chi connectivity index (χ4n) is 2.86. The van der Waals surface area contributed by atoms with Gasteiger partial charge >= 0.3 is 0 Å². The van der Waals surface area contributed by atoms with E-state index in [1.54, 1.807) is 42.5 Å². The summed E-state index contributed by atoms with van der Waals surface area (Å²) < 4.78 is 5.72.